The van der Waals surface area contributed by atoms with Crippen LogP contribution in [0.25, 0.3) is 10.6 Å². The van der Waals surface area contributed by atoms with Crippen LogP contribution in [0.5, 0.6) is 5.75 Å². The van der Waals surface area contributed by atoms with E-state index in [2.05, 4.69) is 10.3 Å². The lowest BCUT2D eigenvalue weighted by Crippen LogP contribution is -2.54. The van der Waals surface area contributed by atoms with Gasteiger partial charge in [-0.25, -0.2) is 4.98 Å². The number of nitrogens with two attached hydrogens (primary N) is 1. The van der Waals surface area contributed by atoms with E-state index in [-0.39, 0.29) is 5.91 Å². The number of hydrogen-bond donors (Lipinski definition) is 2. The van der Waals surface area contributed by atoms with E-state index < -0.39 is 0 Å². The van der Waals surface area contributed by atoms with Crippen molar-refractivity contribution >= 4 is 17.2 Å². The van der Waals surface area contributed by atoms with Gasteiger partial charge in [-0.2, -0.15) is 0 Å². The summed E-state index contributed by atoms with van der Waals surface area (Å²) in [6, 6.07) is 8.54. The number of hydrogen-bond acceptors (Lipinski definition) is 5. The Morgan fingerprint density at radius 1 is 1.25 bits per heavy atom. The van der Waals surface area contributed by atoms with Crippen LogP contribution in [0.4, 0.5) is 0 Å². The fraction of sp³-hybridized carbons (Fsp3) is 0.545. The highest BCUT2D eigenvalue weighted by atomic mass is 32.1. The van der Waals surface area contributed by atoms with Crippen LogP contribution >= 0.6 is 11.3 Å². The van der Waals surface area contributed by atoms with Crippen LogP contribution < -0.4 is 15.8 Å². The van der Waals surface area contributed by atoms with Crippen LogP contribution in [-0.4, -0.2) is 29.6 Å². The van der Waals surface area contributed by atoms with Gasteiger partial charge in [-0.05, 0) is 68.7 Å². The normalized spacial score (nSPS) is 26.6. The van der Waals surface area contributed by atoms with Gasteiger partial charge < -0.3 is 15.8 Å². The van der Waals surface area contributed by atoms with Crippen LogP contribution in [-0.2, 0) is 11.2 Å². The molecule has 1 aromatic carbocycles. The second-order valence-electron chi connectivity index (χ2n) is 8.05. The van der Waals surface area contributed by atoms with Gasteiger partial charge >= 0.3 is 0 Å². The highest BCUT2D eigenvalue weighted by Crippen LogP contribution is 2.39. The molecule has 1 amide bonds. The molecule has 4 rings (SSSR count). The third-order valence-corrected chi connectivity index (χ3v) is 6.95. The Balaban J connectivity index is 1.36. The van der Waals surface area contributed by atoms with Crippen LogP contribution in [0.15, 0.2) is 29.6 Å². The third kappa shape index (κ3) is 4.39. The van der Waals surface area contributed by atoms with Crippen molar-refractivity contribution in [2.24, 2.45) is 17.6 Å². The van der Waals surface area contributed by atoms with Crippen LogP contribution in [0, 0.1) is 11.8 Å². The predicted molar refractivity (Wildman–Crippen MR) is 112 cm³/mol. The molecule has 6 heteroatoms. The number of aromatic nitrogens is 1. The number of ether oxygens (including phenoxy) is 1. The van der Waals surface area contributed by atoms with Gasteiger partial charge in [0, 0.05) is 23.0 Å². The third-order valence-electron chi connectivity index (χ3n) is 6.01. The SMILES string of the molecule is CCOc1ccc(-c2nc(CC(=O)NC3C4CCCC3CC(N)C4)cs2)cc1. The molecule has 2 aliphatic carbocycles. The number of fused-ring (bicyclic) bond motifs is 2. The lowest BCUT2D eigenvalue weighted by atomic mass is 9.67. The zero-order valence-electron chi connectivity index (χ0n) is 16.4. The summed E-state index contributed by atoms with van der Waals surface area (Å²) in [6.45, 7) is 2.63. The predicted octanol–water partition coefficient (Wildman–Crippen LogP) is 3.77. The van der Waals surface area contributed by atoms with Crippen molar-refractivity contribution in [3.05, 3.63) is 35.3 Å². The van der Waals surface area contributed by atoms with Crippen molar-refractivity contribution in [3.8, 4) is 16.3 Å². The Labute approximate surface area is 170 Å². The zero-order valence-corrected chi connectivity index (χ0v) is 17.2. The molecule has 2 aliphatic rings. The van der Waals surface area contributed by atoms with Crippen molar-refractivity contribution in [2.45, 2.75) is 57.5 Å². The summed E-state index contributed by atoms with van der Waals surface area (Å²) in [7, 11) is 0. The molecule has 0 aliphatic heterocycles. The highest BCUT2D eigenvalue weighted by molar-refractivity contribution is 7.13. The fourth-order valence-electron chi connectivity index (χ4n) is 4.81. The Morgan fingerprint density at radius 3 is 2.64 bits per heavy atom. The summed E-state index contributed by atoms with van der Waals surface area (Å²) in [5, 5.41) is 6.24. The number of benzene rings is 1. The van der Waals surface area contributed by atoms with E-state index in [4.69, 9.17) is 10.5 Å². The van der Waals surface area contributed by atoms with E-state index in [0.29, 0.717) is 36.9 Å². The van der Waals surface area contributed by atoms with E-state index in [0.717, 1.165) is 34.9 Å². The molecule has 2 aromatic rings. The molecule has 150 valence electrons. The first-order chi connectivity index (χ1) is 13.6. The average molecular weight is 400 g/mol. The van der Waals surface area contributed by atoms with Gasteiger partial charge in [-0.3, -0.25) is 4.79 Å². The number of amides is 1. The summed E-state index contributed by atoms with van der Waals surface area (Å²) in [5.41, 5.74) is 8.09. The van der Waals surface area contributed by atoms with Gasteiger partial charge in [0.25, 0.3) is 0 Å². The molecule has 0 spiro atoms. The van der Waals surface area contributed by atoms with Gasteiger partial charge in [0.05, 0.1) is 18.7 Å². The number of nitrogens with zero attached hydrogens (tertiary/aromatic N) is 1. The molecule has 5 nitrogen and oxygen atoms in total. The van der Waals surface area contributed by atoms with Crippen molar-refractivity contribution in [2.75, 3.05) is 6.61 Å². The van der Waals surface area contributed by atoms with E-state index in [1.165, 1.54) is 19.3 Å². The summed E-state index contributed by atoms with van der Waals surface area (Å²) < 4.78 is 5.49. The molecule has 28 heavy (non-hydrogen) atoms. The summed E-state index contributed by atoms with van der Waals surface area (Å²) >= 11 is 1.58. The first kappa shape index (κ1) is 19.4. The van der Waals surface area contributed by atoms with E-state index >= 15 is 0 Å². The molecule has 0 radical (unpaired) electrons. The molecule has 1 aromatic heterocycles. The minimum Gasteiger partial charge on any atom is -0.494 e. The molecule has 2 fully saturated rings. The molecular weight excluding hydrogens is 370 g/mol. The summed E-state index contributed by atoms with van der Waals surface area (Å²) in [6.07, 6.45) is 6.07. The van der Waals surface area contributed by atoms with E-state index in [1.54, 1.807) is 11.3 Å². The quantitative estimate of drug-likeness (QED) is 0.775. The number of carbonyl (C=O) groups excluding carboxylic acids is 1. The van der Waals surface area contributed by atoms with Crippen LogP contribution in [0.2, 0.25) is 0 Å². The molecule has 2 atom stereocenters. The first-order valence-electron chi connectivity index (χ1n) is 10.3. The lowest BCUT2D eigenvalue weighted by Gasteiger charge is -2.45. The Morgan fingerprint density at radius 2 is 1.96 bits per heavy atom. The number of rotatable bonds is 6. The smallest absolute Gasteiger partial charge is 0.226 e. The standard InChI is InChI=1S/C22H29N3O2S/c1-2-27-19-8-6-14(7-9-19)22-24-18(13-28-22)12-20(26)25-21-15-4-3-5-16(21)11-17(23)10-15/h6-9,13,15-17,21H,2-5,10-12,23H2,1H3,(H,25,26). The second-order valence-corrected chi connectivity index (χ2v) is 8.91. The largest absolute Gasteiger partial charge is 0.494 e. The van der Waals surface area contributed by atoms with Gasteiger partial charge in [0.2, 0.25) is 5.91 Å². The number of carbonyl (C=O) groups is 1. The topological polar surface area (TPSA) is 77.2 Å². The summed E-state index contributed by atoms with van der Waals surface area (Å²) in [4.78, 5) is 17.3. The maximum absolute atomic E-state index is 12.7. The van der Waals surface area contributed by atoms with Crippen molar-refractivity contribution < 1.29 is 9.53 Å². The molecule has 2 saturated carbocycles. The minimum atomic E-state index is 0.0842. The number of thiazole rings is 1. The zero-order chi connectivity index (χ0) is 19.5. The van der Waals surface area contributed by atoms with Crippen LogP contribution in [0.3, 0.4) is 0 Å². The maximum atomic E-state index is 12.7. The van der Waals surface area contributed by atoms with Crippen molar-refractivity contribution in [1.29, 1.82) is 0 Å². The Kier molecular flexibility index (Phi) is 5.97. The summed E-state index contributed by atoms with van der Waals surface area (Å²) in [5.74, 6) is 2.03. The van der Waals surface area contributed by atoms with Gasteiger partial charge in [-0.1, -0.05) is 6.42 Å². The molecule has 1 heterocycles. The molecular formula is C22H29N3O2S. The van der Waals surface area contributed by atoms with Crippen molar-refractivity contribution in [1.82, 2.24) is 10.3 Å². The lowest BCUT2D eigenvalue weighted by molar-refractivity contribution is -0.122. The van der Waals surface area contributed by atoms with Gasteiger partial charge in [0.1, 0.15) is 10.8 Å². The fourth-order valence-corrected chi connectivity index (χ4v) is 5.63. The number of nitrogens with one attached hydrogen (secondary N) is 1. The van der Waals surface area contributed by atoms with Gasteiger partial charge in [-0.15, -0.1) is 11.3 Å². The Hall–Kier alpha value is -1.92. The second kappa shape index (κ2) is 8.62. The van der Waals surface area contributed by atoms with Crippen LogP contribution in [0.1, 0.15) is 44.7 Å². The van der Waals surface area contributed by atoms with E-state index in [1.807, 2.05) is 36.6 Å². The molecule has 2 bridgehead atoms. The molecule has 3 N–H and O–H groups in total. The monoisotopic (exact) mass is 399 g/mol. The first-order valence-corrected chi connectivity index (χ1v) is 11.2. The highest BCUT2D eigenvalue weighted by Gasteiger charge is 2.39. The van der Waals surface area contributed by atoms with Crippen molar-refractivity contribution in [3.63, 3.8) is 0 Å². The minimum absolute atomic E-state index is 0.0842. The maximum Gasteiger partial charge on any atom is 0.226 e. The molecule has 2 unspecified atom stereocenters. The average Bonchev–Trinajstić information content (AvgIpc) is 3.12. The van der Waals surface area contributed by atoms with Gasteiger partial charge in [0.15, 0.2) is 0 Å². The van der Waals surface area contributed by atoms with E-state index in [9.17, 15) is 4.79 Å². The molecule has 0 saturated heterocycles. The Bertz CT molecular complexity index is 790.